The lowest BCUT2D eigenvalue weighted by Gasteiger charge is -1.92. The summed E-state index contributed by atoms with van der Waals surface area (Å²) in [5.74, 6) is 0.0998. The van der Waals surface area contributed by atoms with Crippen molar-refractivity contribution in [2.45, 2.75) is 51.7 Å². The van der Waals surface area contributed by atoms with Crippen LogP contribution in [-0.4, -0.2) is 18.0 Å². The van der Waals surface area contributed by atoms with E-state index in [0.29, 0.717) is 6.10 Å². The number of hydrogen-bond donors (Lipinski definition) is 0. The SMILES string of the molecule is CCCCC[C@@H]1O[C@H]1/C=C/C(C)=O. The van der Waals surface area contributed by atoms with Gasteiger partial charge in [-0.05, 0) is 25.5 Å². The number of hydrogen-bond acceptors (Lipinski definition) is 2. The van der Waals surface area contributed by atoms with Crippen molar-refractivity contribution in [1.82, 2.24) is 0 Å². The Bertz CT molecular complexity index is 196. The summed E-state index contributed by atoms with van der Waals surface area (Å²) >= 11 is 0. The molecule has 0 radical (unpaired) electrons. The lowest BCUT2D eigenvalue weighted by molar-refractivity contribution is -0.112. The first-order chi connectivity index (χ1) is 6.24. The molecule has 0 saturated carbocycles. The lowest BCUT2D eigenvalue weighted by Crippen LogP contribution is -1.91. The Hall–Kier alpha value is -0.630. The molecule has 2 nitrogen and oxygen atoms in total. The Kier molecular flexibility index (Phi) is 4.16. The number of rotatable bonds is 6. The molecule has 0 bridgehead atoms. The number of unbranched alkanes of at least 4 members (excludes halogenated alkanes) is 2. The van der Waals surface area contributed by atoms with Crippen molar-refractivity contribution in [2.24, 2.45) is 0 Å². The maximum atomic E-state index is 10.6. The second-order valence-corrected chi connectivity index (χ2v) is 3.60. The van der Waals surface area contributed by atoms with E-state index < -0.39 is 0 Å². The smallest absolute Gasteiger partial charge is 0.152 e. The number of ether oxygens (including phenoxy) is 1. The van der Waals surface area contributed by atoms with E-state index in [4.69, 9.17) is 4.74 Å². The van der Waals surface area contributed by atoms with Crippen molar-refractivity contribution >= 4 is 5.78 Å². The standard InChI is InChI=1S/C11H18O2/c1-3-4-5-6-10-11(13-10)8-7-9(2)12/h7-8,10-11H,3-6H2,1-2H3/b8-7+/t10-,11-/m0/s1. The van der Waals surface area contributed by atoms with Crippen LogP contribution in [0.3, 0.4) is 0 Å². The van der Waals surface area contributed by atoms with Crippen LogP contribution in [0.5, 0.6) is 0 Å². The van der Waals surface area contributed by atoms with Crippen LogP contribution in [0.2, 0.25) is 0 Å². The van der Waals surface area contributed by atoms with E-state index in [1.54, 1.807) is 13.0 Å². The van der Waals surface area contributed by atoms with Crippen molar-refractivity contribution < 1.29 is 9.53 Å². The zero-order valence-corrected chi connectivity index (χ0v) is 8.45. The third-order valence-corrected chi connectivity index (χ3v) is 2.23. The van der Waals surface area contributed by atoms with Gasteiger partial charge < -0.3 is 4.74 Å². The second-order valence-electron chi connectivity index (χ2n) is 3.60. The fourth-order valence-electron chi connectivity index (χ4n) is 1.38. The zero-order valence-electron chi connectivity index (χ0n) is 8.45. The molecule has 1 aliphatic rings. The minimum atomic E-state index is 0.0998. The molecule has 13 heavy (non-hydrogen) atoms. The first-order valence-electron chi connectivity index (χ1n) is 5.08. The monoisotopic (exact) mass is 182 g/mol. The van der Waals surface area contributed by atoms with Gasteiger partial charge in [0.05, 0.1) is 6.10 Å². The fourth-order valence-corrected chi connectivity index (χ4v) is 1.38. The Morgan fingerprint density at radius 2 is 2.23 bits per heavy atom. The summed E-state index contributed by atoms with van der Waals surface area (Å²) in [4.78, 5) is 10.6. The summed E-state index contributed by atoms with van der Waals surface area (Å²) in [6, 6.07) is 0. The van der Waals surface area contributed by atoms with Crippen molar-refractivity contribution in [1.29, 1.82) is 0 Å². The maximum Gasteiger partial charge on any atom is 0.152 e. The van der Waals surface area contributed by atoms with Crippen molar-refractivity contribution in [3.05, 3.63) is 12.2 Å². The summed E-state index contributed by atoms with van der Waals surface area (Å²) in [6.45, 7) is 3.76. The molecule has 74 valence electrons. The Morgan fingerprint density at radius 1 is 1.46 bits per heavy atom. The van der Waals surface area contributed by atoms with E-state index in [2.05, 4.69) is 6.92 Å². The Balaban J connectivity index is 2.05. The largest absolute Gasteiger partial charge is 0.365 e. The van der Waals surface area contributed by atoms with E-state index in [1.165, 1.54) is 19.3 Å². The molecule has 2 heteroatoms. The van der Waals surface area contributed by atoms with Crippen molar-refractivity contribution in [3.8, 4) is 0 Å². The van der Waals surface area contributed by atoms with Gasteiger partial charge in [0, 0.05) is 0 Å². The molecule has 0 aliphatic carbocycles. The number of carbonyl (C=O) groups excluding carboxylic acids is 1. The van der Waals surface area contributed by atoms with Gasteiger partial charge in [-0.25, -0.2) is 0 Å². The Labute approximate surface area is 80.0 Å². The Morgan fingerprint density at radius 3 is 2.85 bits per heavy atom. The molecule has 2 atom stereocenters. The predicted molar refractivity (Wildman–Crippen MR) is 52.6 cm³/mol. The molecular weight excluding hydrogens is 164 g/mol. The molecule has 0 aromatic carbocycles. The van der Waals surface area contributed by atoms with Crippen LogP contribution >= 0.6 is 0 Å². The summed E-state index contributed by atoms with van der Waals surface area (Å²) in [5.41, 5.74) is 0. The molecular formula is C11H18O2. The quantitative estimate of drug-likeness (QED) is 0.359. The topological polar surface area (TPSA) is 29.6 Å². The number of ketones is 1. The third kappa shape index (κ3) is 4.23. The highest BCUT2D eigenvalue weighted by atomic mass is 16.6. The minimum Gasteiger partial charge on any atom is -0.365 e. The van der Waals surface area contributed by atoms with Gasteiger partial charge in [-0.3, -0.25) is 4.79 Å². The molecule has 0 aromatic heterocycles. The average molecular weight is 182 g/mol. The predicted octanol–water partition coefficient (Wildman–Crippen LogP) is 2.48. The molecule has 1 heterocycles. The first-order valence-corrected chi connectivity index (χ1v) is 5.08. The van der Waals surface area contributed by atoms with E-state index in [-0.39, 0.29) is 11.9 Å². The molecule has 1 rings (SSSR count). The number of allylic oxidation sites excluding steroid dienone is 1. The summed E-state index contributed by atoms with van der Waals surface area (Å²) in [5, 5.41) is 0. The third-order valence-electron chi connectivity index (χ3n) is 2.23. The van der Waals surface area contributed by atoms with Crippen LogP contribution < -0.4 is 0 Å². The van der Waals surface area contributed by atoms with Crippen molar-refractivity contribution in [2.75, 3.05) is 0 Å². The molecule has 0 aromatic rings. The summed E-state index contributed by atoms with van der Waals surface area (Å²) < 4.78 is 5.37. The van der Waals surface area contributed by atoms with Gasteiger partial charge in [0.1, 0.15) is 6.10 Å². The second kappa shape index (κ2) is 5.18. The number of carbonyl (C=O) groups is 1. The zero-order chi connectivity index (χ0) is 9.68. The van der Waals surface area contributed by atoms with Gasteiger partial charge in [0.25, 0.3) is 0 Å². The van der Waals surface area contributed by atoms with Crippen molar-refractivity contribution in [3.63, 3.8) is 0 Å². The maximum absolute atomic E-state index is 10.6. The van der Waals surface area contributed by atoms with Gasteiger partial charge in [0.2, 0.25) is 0 Å². The molecule has 1 fully saturated rings. The molecule has 0 spiro atoms. The van der Waals surface area contributed by atoms with Gasteiger partial charge in [-0.15, -0.1) is 0 Å². The van der Waals surface area contributed by atoms with E-state index in [0.717, 1.165) is 6.42 Å². The van der Waals surface area contributed by atoms with E-state index in [1.807, 2.05) is 6.08 Å². The van der Waals surface area contributed by atoms with Crippen LogP contribution in [-0.2, 0) is 9.53 Å². The van der Waals surface area contributed by atoms with Crippen LogP contribution in [0.15, 0.2) is 12.2 Å². The summed E-state index contributed by atoms with van der Waals surface area (Å²) in [6.07, 6.45) is 9.00. The number of epoxide rings is 1. The minimum absolute atomic E-state index is 0.0998. The highest BCUT2D eigenvalue weighted by Gasteiger charge is 2.35. The van der Waals surface area contributed by atoms with Crippen LogP contribution in [0, 0.1) is 0 Å². The van der Waals surface area contributed by atoms with Gasteiger partial charge in [0.15, 0.2) is 5.78 Å². The first kappa shape index (κ1) is 10.5. The van der Waals surface area contributed by atoms with E-state index >= 15 is 0 Å². The highest BCUT2D eigenvalue weighted by Crippen LogP contribution is 2.28. The van der Waals surface area contributed by atoms with Gasteiger partial charge in [-0.2, -0.15) is 0 Å². The highest BCUT2D eigenvalue weighted by molar-refractivity contribution is 5.87. The fraction of sp³-hybridized carbons (Fsp3) is 0.727. The van der Waals surface area contributed by atoms with Crippen LogP contribution in [0.4, 0.5) is 0 Å². The van der Waals surface area contributed by atoms with E-state index in [9.17, 15) is 4.79 Å². The van der Waals surface area contributed by atoms with Gasteiger partial charge in [-0.1, -0.05) is 26.2 Å². The molecule has 1 aliphatic heterocycles. The van der Waals surface area contributed by atoms with Crippen LogP contribution in [0.25, 0.3) is 0 Å². The molecule has 0 amide bonds. The molecule has 0 unspecified atom stereocenters. The lowest BCUT2D eigenvalue weighted by atomic mass is 10.1. The normalized spacial score (nSPS) is 26.6. The average Bonchev–Trinajstić information content (AvgIpc) is 2.81. The molecule has 1 saturated heterocycles. The van der Waals surface area contributed by atoms with Crippen LogP contribution in [0.1, 0.15) is 39.5 Å². The summed E-state index contributed by atoms with van der Waals surface area (Å²) in [7, 11) is 0. The van der Waals surface area contributed by atoms with Gasteiger partial charge >= 0.3 is 0 Å². The molecule has 0 N–H and O–H groups in total.